The van der Waals surface area contributed by atoms with Crippen LogP contribution in [0, 0.1) is 0 Å². The summed E-state index contributed by atoms with van der Waals surface area (Å²) in [6.07, 6.45) is 5.30. The maximum atomic E-state index is 12.9. The molecule has 0 radical (unpaired) electrons. The maximum absolute atomic E-state index is 12.9. The van der Waals surface area contributed by atoms with Crippen molar-refractivity contribution < 1.29 is 9.53 Å². The Bertz CT molecular complexity index is 529. The lowest BCUT2D eigenvalue weighted by Crippen LogP contribution is -2.47. The first-order valence-corrected chi connectivity index (χ1v) is 8.58. The molecular weight excluding hydrogens is 276 g/mol. The SMILES string of the molecule is O=C([C@@H]1Cc2ccccc2O1)N1CCC[C@H]1CN1CCCC1. The summed E-state index contributed by atoms with van der Waals surface area (Å²) in [6, 6.07) is 8.40. The standard InChI is InChI=1S/C18H24N2O2/c21-18(17-12-14-6-1-2-8-16(14)22-17)20-11-5-7-15(20)13-19-9-3-4-10-19/h1-2,6,8,15,17H,3-5,7,9-13H2/t15-,17-/m0/s1. The van der Waals surface area contributed by atoms with Gasteiger partial charge in [0.2, 0.25) is 0 Å². The van der Waals surface area contributed by atoms with Gasteiger partial charge < -0.3 is 14.5 Å². The molecule has 0 spiro atoms. The lowest BCUT2D eigenvalue weighted by atomic mass is 10.1. The second-order valence-corrected chi connectivity index (χ2v) is 6.75. The summed E-state index contributed by atoms with van der Waals surface area (Å²) in [5.74, 6) is 1.08. The fraction of sp³-hybridized carbons (Fsp3) is 0.611. The molecule has 3 heterocycles. The van der Waals surface area contributed by atoms with Gasteiger partial charge in [0, 0.05) is 25.6 Å². The van der Waals surface area contributed by atoms with Crippen molar-refractivity contribution >= 4 is 5.91 Å². The minimum absolute atomic E-state index is 0.192. The third-order valence-electron chi connectivity index (χ3n) is 5.25. The van der Waals surface area contributed by atoms with Gasteiger partial charge in [-0.2, -0.15) is 0 Å². The molecule has 0 bridgehead atoms. The van der Waals surface area contributed by atoms with Crippen LogP contribution in [0.4, 0.5) is 0 Å². The van der Waals surface area contributed by atoms with Crippen molar-refractivity contribution in [2.45, 2.75) is 44.2 Å². The average molecular weight is 300 g/mol. The van der Waals surface area contributed by atoms with Crippen LogP contribution in [0.25, 0.3) is 0 Å². The second-order valence-electron chi connectivity index (χ2n) is 6.75. The molecule has 1 aromatic carbocycles. The molecule has 1 aromatic rings. The van der Waals surface area contributed by atoms with Gasteiger partial charge in [0.1, 0.15) is 5.75 Å². The van der Waals surface area contributed by atoms with E-state index < -0.39 is 0 Å². The van der Waals surface area contributed by atoms with E-state index in [-0.39, 0.29) is 12.0 Å². The van der Waals surface area contributed by atoms with Gasteiger partial charge in [-0.25, -0.2) is 0 Å². The number of nitrogens with zero attached hydrogens (tertiary/aromatic N) is 2. The van der Waals surface area contributed by atoms with Crippen LogP contribution in [0.2, 0.25) is 0 Å². The highest BCUT2D eigenvalue weighted by atomic mass is 16.5. The van der Waals surface area contributed by atoms with Crippen molar-refractivity contribution in [3.63, 3.8) is 0 Å². The fourth-order valence-corrected chi connectivity index (χ4v) is 4.08. The van der Waals surface area contributed by atoms with E-state index in [1.54, 1.807) is 0 Å². The highest BCUT2D eigenvalue weighted by Crippen LogP contribution is 2.30. The van der Waals surface area contributed by atoms with Crippen LogP contribution in [0.1, 0.15) is 31.2 Å². The predicted molar refractivity (Wildman–Crippen MR) is 85.0 cm³/mol. The molecular formula is C18H24N2O2. The van der Waals surface area contributed by atoms with E-state index in [4.69, 9.17) is 4.74 Å². The van der Waals surface area contributed by atoms with Crippen molar-refractivity contribution in [3.8, 4) is 5.75 Å². The molecule has 4 heteroatoms. The minimum Gasteiger partial charge on any atom is -0.480 e. The lowest BCUT2D eigenvalue weighted by molar-refractivity contribution is -0.139. The summed E-state index contributed by atoms with van der Waals surface area (Å²) >= 11 is 0. The van der Waals surface area contributed by atoms with Gasteiger partial charge in [-0.15, -0.1) is 0 Å². The van der Waals surface area contributed by atoms with E-state index in [9.17, 15) is 4.79 Å². The number of benzene rings is 1. The summed E-state index contributed by atoms with van der Waals surface area (Å²) in [7, 11) is 0. The number of fused-ring (bicyclic) bond motifs is 1. The van der Waals surface area contributed by atoms with E-state index in [2.05, 4.69) is 15.9 Å². The Labute approximate surface area is 132 Å². The van der Waals surface area contributed by atoms with Crippen molar-refractivity contribution in [3.05, 3.63) is 29.8 Å². The third kappa shape index (κ3) is 2.60. The monoisotopic (exact) mass is 300 g/mol. The molecule has 0 unspecified atom stereocenters. The van der Waals surface area contributed by atoms with E-state index in [1.165, 1.54) is 25.9 Å². The number of carbonyl (C=O) groups is 1. The summed E-state index contributed by atoms with van der Waals surface area (Å²) in [6.45, 7) is 4.34. The van der Waals surface area contributed by atoms with Crippen LogP contribution >= 0.6 is 0 Å². The van der Waals surface area contributed by atoms with Crippen LogP contribution in [-0.2, 0) is 11.2 Å². The van der Waals surface area contributed by atoms with E-state index in [0.29, 0.717) is 6.04 Å². The normalized spacial score (nSPS) is 27.9. The lowest BCUT2D eigenvalue weighted by Gasteiger charge is -2.30. The number of hydrogen-bond acceptors (Lipinski definition) is 3. The second kappa shape index (κ2) is 5.92. The average Bonchev–Trinajstić information content (AvgIpc) is 3.27. The smallest absolute Gasteiger partial charge is 0.264 e. The summed E-state index contributed by atoms with van der Waals surface area (Å²) < 4.78 is 5.89. The summed E-state index contributed by atoms with van der Waals surface area (Å²) in [5.41, 5.74) is 1.16. The van der Waals surface area contributed by atoms with Crippen LogP contribution in [0.3, 0.4) is 0 Å². The molecule has 0 saturated carbocycles. The predicted octanol–water partition coefficient (Wildman–Crippen LogP) is 2.08. The number of hydrogen-bond donors (Lipinski definition) is 0. The van der Waals surface area contributed by atoms with Crippen molar-refractivity contribution in [2.24, 2.45) is 0 Å². The molecule has 22 heavy (non-hydrogen) atoms. The van der Waals surface area contributed by atoms with Crippen molar-refractivity contribution in [2.75, 3.05) is 26.2 Å². The zero-order valence-corrected chi connectivity index (χ0v) is 13.0. The third-order valence-corrected chi connectivity index (χ3v) is 5.25. The number of ether oxygens (including phenoxy) is 1. The van der Waals surface area contributed by atoms with E-state index in [0.717, 1.165) is 43.7 Å². The van der Waals surface area contributed by atoms with Gasteiger partial charge in [0.05, 0.1) is 0 Å². The largest absolute Gasteiger partial charge is 0.480 e. The molecule has 0 N–H and O–H groups in total. The van der Waals surface area contributed by atoms with E-state index >= 15 is 0 Å². The first-order valence-electron chi connectivity index (χ1n) is 8.58. The molecule has 0 aliphatic carbocycles. The van der Waals surface area contributed by atoms with Gasteiger partial charge in [0.15, 0.2) is 6.10 Å². The summed E-state index contributed by atoms with van der Waals surface area (Å²) in [4.78, 5) is 17.5. The van der Waals surface area contributed by atoms with E-state index in [1.807, 2.05) is 18.2 Å². The molecule has 2 saturated heterocycles. The first-order chi connectivity index (χ1) is 10.8. The Morgan fingerprint density at radius 3 is 2.77 bits per heavy atom. The van der Waals surface area contributed by atoms with Crippen LogP contribution in [-0.4, -0.2) is 54.0 Å². The van der Waals surface area contributed by atoms with Gasteiger partial charge in [0.25, 0.3) is 5.91 Å². The van der Waals surface area contributed by atoms with Crippen LogP contribution in [0.15, 0.2) is 24.3 Å². The van der Waals surface area contributed by atoms with Gasteiger partial charge >= 0.3 is 0 Å². The van der Waals surface area contributed by atoms with Gasteiger partial charge in [-0.05, 0) is 50.4 Å². The quantitative estimate of drug-likeness (QED) is 0.857. The Hall–Kier alpha value is -1.55. The number of carbonyl (C=O) groups excluding carboxylic acids is 1. The first kappa shape index (κ1) is 14.1. The highest BCUT2D eigenvalue weighted by molar-refractivity contribution is 5.83. The Kier molecular flexibility index (Phi) is 3.78. The molecule has 1 amide bonds. The molecule has 2 atom stereocenters. The minimum atomic E-state index is -0.309. The number of para-hydroxylation sites is 1. The Morgan fingerprint density at radius 2 is 1.95 bits per heavy atom. The van der Waals surface area contributed by atoms with Crippen LogP contribution < -0.4 is 4.74 Å². The summed E-state index contributed by atoms with van der Waals surface area (Å²) in [5, 5.41) is 0. The molecule has 3 aliphatic rings. The van der Waals surface area contributed by atoms with Crippen LogP contribution in [0.5, 0.6) is 5.75 Å². The fourth-order valence-electron chi connectivity index (χ4n) is 4.08. The molecule has 3 aliphatic heterocycles. The number of rotatable bonds is 3. The maximum Gasteiger partial charge on any atom is 0.264 e. The molecule has 4 nitrogen and oxygen atoms in total. The molecule has 4 rings (SSSR count). The number of amides is 1. The van der Waals surface area contributed by atoms with Crippen molar-refractivity contribution in [1.29, 1.82) is 0 Å². The Balaban J connectivity index is 1.41. The van der Waals surface area contributed by atoms with Gasteiger partial charge in [-0.3, -0.25) is 4.79 Å². The highest BCUT2D eigenvalue weighted by Gasteiger charge is 2.37. The zero-order valence-electron chi connectivity index (χ0n) is 13.0. The molecule has 2 fully saturated rings. The molecule has 118 valence electrons. The number of likely N-dealkylation sites (tertiary alicyclic amines) is 2. The molecule has 0 aromatic heterocycles. The van der Waals surface area contributed by atoms with Gasteiger partial charge in [-0.1, -0.05) is 18.2 Å². The topological polar surface area (TPSA) is 32.8 Å². The zero-order chi connectivity index (χ0) is 14.9. The van der Waals surface area contributed by atoms with Crippen molar-refractivity contribution in [1.82, 2.24) is 9.80 Å². The Morgan fingerprint density at radius 1 is 1.14 bits per heavy atom.